The van der Waals surface area contributed by atoms with Crippen LogP contribution < -0.4 is 9.47 Å². The van der Waals surface area contributed by atoms with Gasteiger partial charge in [-0.1, -0.05) is 25.6 Å². The minimum atomic E-state index is -0.441. The summed E-state index contributed by atoms with van der Waals surface area (Å²) in [6.45, 7) is 2.18. The minimum Gasteiger partial charge on any atom is -0.494 e. The monoisotopic (exact) mass is 316 g/mol. The number of aliphatic hydroxyl groups excluding tert-OH is 1. The lowest BCUT2D eigenvalue weighted by Crippen LogP contribution is -2.00. The van der Waals surface area contributed by atoms with Crippen molar-refractivity contribution in [2.75, 3.05) is 13.4 Å². The molecule has 0 spiro atoms. The number of hydrogen-bond acceptors (Lipinski definition) is 4. The van der Waals surface area contributed by atoms with Gasteiger partial charge in [0.2, 0.25) is 0 Å². The molecule has 4 heteroatoms. The maximum Gasteiger partial charge on any atom is 0.186 e. The van der Waals surface area contributed by atoms with E-state index in [1.165, 1.54) is 5.56 Å². The predicted octanol–water partition coefficient (Wildman–Crippen LogP) is 3.65. The number of carbonyl (C=O) groups is 1. The summed E-state index contributed by atoms with van der Waals surface area (Å²) in [4.78, 5) is 10.9. The van der Waals surface area contributed by atoms with E-state index in [0.29, 0.717) is 17.9 Å². The number of hydrogen-bond donors (Lipinski definition) is 1. The number of benzene rings is 2. The average Bonchev–Trinajstić information content (AvgIpc) is 2.55. The van der Waals surface area contributed by atoms with Crippen molar-refractivity contribution in [3.63, 3.8) is 0 Å². The molecule has 2 aromatic rings. The van der Waals surface area contributed by atoms with Crippen molar-refractivity contribution in [2.24, 2.45) is 0 Å². The van der Waals surface area contributed by atoms with Crippen molar-refractivity contribution >= 4 is 6.29 Å². The van der Waals surface area contributed by atoms with E-state index in [1.54, 1.807) is 12.1 Å². The molecule has 23 heavy (non-hydrogen) atoms. The first-order chi connectivity index (χ1) is 10.8. The molecule has 0 aliphatic heterocycles. The fourth-order valence-electron chi connectivity index (χ4n) is 2.23. The highest BCUT2D eigenvalue weighted by molar-refractivity contribution is 5.79. The topological polar surface area (TPSA) is 55.8 Å². The van der Waals surface area contributed by atoms with Crippen LogP contribution >= 0.6 is 0 Å². The summed E-state index contributed by atoms with van der Waals surface area (Å²) in [6, 6.07) is 13.5. The zero-order valence-corrected chi connectivity index (χ0v) is 12.6. The van der Waals surface area contributed by atoms with Gasteiger partial charge in [-0.3, -0.25) is 4.79 Å². The van der Waals surface area contributed by atoms with Crippen LogP contribution in [-0.4, -0.2) is 24.8 Å². The Labute approximate surface area is 137 Å². The molecule has 0 radical (unpaired) electrons. The smallest absolute Gasteiger partial charge is 0.186 e. The Balaban J connectivity index is 0.00000264. The molecule has 0 aromatic heterocycles. The number of aldehydes is 1. The van der Waals surface area contributed by atoms with Gasteiger partial charge in [-0.05, 0) is 55.2 Å². The van der Waals surface area contributed by atoms with Gasteiger partial charge in [0.05, 0.1) is 12.2 Å². The maximum absolute atomic E-state index is 10.9. The van der Waals surface area contributed by atoms with E-state index >= 15 is 0 Å². The van der Waals surface area contributed by atoms with E-state index in [2.05, 4.69) is 12.1 Å². The SMILES string of the molecule is C.CCOc1ccc(CCc2ccc(C=O)c(OCO)c2)cc1. The van der Waals surface area contributed by atoms with E-state index in [9.17, 15) is 4.79 Å². The summed E-state index contributed by atoms with van der Waals surface area (Å²) < 4.78 is 10.5. The Morgan fingerprint density at radius 1 is 1.00 bits per heavy atom. The summed E-state index contributed by atoms with van der Waals surface area (Å²) in [7, 11) is 0. The van der Waals surface area contributed by atoms with Crippen molar-refractivity contribution in [3.05, 3.63) is 59.2 Å². The van der Waals surface area contributed by atoms with Crippen LogP contribution in [0.25, 0.3) is 0 Å². The summed E-state index contributed by atoms with van der Waals surface area (Å²) >= 11 is 0. The number of rotatable bonds is 8. The molecule has 0 saturated heterocycles. The lowest BCUT2D eigenvalue weighted by Gasteiger charge is -2.09. The van der Waals surface area contributed by atoms with Crippen molar-refractivity contribution in [1.82, 2.24) is 0 Å². The van der Waals surface area contributed by atoms with Crippen LogP contribution in [0.3, 0.4) is 0 Å². The molecule has 0 amide bonds. The fraction of sp³-hybridized carbons (Fsp3) is 0.316. The molecule has 0 aliphatic rings. The molecule has 0 fully saturated rings. The quantitative estimate of drug-likeness (QED) is 0.596. The van der Waals surface area contributed by atoms with E-state index < -0.39 is 6.79 Å². The molecule has 0 atom stereocenters. The van der Waals surface area contributed by atoms with Crippen LogP contribution in [0.4, 0.5) is 0 Å². The van der Waals surface area contributed by atoms with Crippen LogP contribution in [0.1, 0.15) is 35.8 Å². The van der Waals surface area contributed by atoms with Crippen LogP contribution in [0.5, 0.6) is 11.5 Å². The largest absolute Gasteiger partial charge is 0.494 e. The Hall–Kier alpha value is -2.33. The van der Waals surface area contributed by atoms with E-state index in [-0.39, 0.29) is 7.43 Å². The first kappa shape index (κ1) is 18.7. The van der Waals surface area contributed by atoms with E-state index in [0.717, 1.165) is 30.4 Å². The zero-order valence-electron chi connectivity index (χ0n) is 12.6. The average molecular weight is 316 g/mol. The molecule has 0 heterocycles. The van der Waals surface area contributed by atoms with Gasteiger partial charge in [0, 0.05) is 0 Å². The minimum absolute atomic E-state index is 0. The molecule has 4 nitrogen and oxygen atoms in total. The zero-order chi connectivity index (χ0) is 15.8. The van der Waals surface area contributed by atoms with Crippen LogP contribution in [0.15, 0.2) is 42.5 Å². The van der Waals surface area contributed by atoms with E-state index in [1.807, 2.05) is 25.1 Å². The Morgan fingerprint density at radius 3 is 2.26 bits per heavy atom. The van der Waals surface area contributed by atoms with Gasteiger partial charge in [0.15, 0.2) is 13.1 Å². The van der Waals surface area contributed by atoms with Gasteiger partial charge in [-0.15, -0.1) is 0 Å². The van der Waals surface area contributed by atoms with Crippen molar-refractivity contribution < 1.29 is 19.4 Å². The molecule has 2 aromatic carbocycles. The maximum atomic E-state index is 10.9. The molecule has 0 bridgehead atoms. The molecule has 0 unspecified atom stereocenters. The third-order valence-corrected chi connectivity index (χ3v) is 3.36. The van der Waals surface area contributed by atoms with Gasteiger partial charge in [0.1, 0.15) is 11.5 Å². The summed E-state index contributed by atoms with van der Waals surface area (Å²) in [5.41, 5.74) is 2.72. The van der Waals surface area contributed by atoms with Gasteiger partial charge >= 0.3 is 0 Å². The third-order valence-electron chi connectivity index (χ3n) is 3.36. The van der Waals surface area contributed by atoms with Gasteiger partial charge in [-0.25, -0.2) is 0 Å². The number of aliphatic hydroxyl groups is 1. The molecule has 0 saturated carbocycles. The van der Waals surface area contributed by atoms with Crippen LogP contribution in [0.2, 0.25) is 0 Å². The lowest BCUT2D eigenvalue weighted by atomic mass is 10.0. The predicted molar refractivity (Wildman–Crippen MR) is 91.3 cm³/mol. The van der Waals surface area contributed by atoms with Gasteiger partial charge in [0.25, 0.3) is 0 Å². The van der Waals surface area contributed by atoms with Gasteiger partial charge < -0.3 is 14.6 Å². The molecule has 124 valence electrons. The molecule has 0 aliphatic carbocycles. The first-order valence-corrected chi connectivity index (χ1v) is 7.30. The number of carbonyl (C=O) groups excluding carboxylic acids is 1. The Bertz CT molecular complexity index is 605. The standard InChI is InChI=1S/C18H20O4.CH4/c1-2-21-17-9-6-14(7-10-17)3-4-15-5-8-16(12-19)18(11-15)22-13-20;/h5-12,20H,2-4,13H2,1H3;1H4. The summed E-state index contributed by atoms with van der Waals surface area (Å²) in [5.74, 6) is 1.29. The summed E-state index contributed by atoms with van der Waals surface area (Å²) in [5, 5.41) is 8.86. The summed E-state index contributed by atoms with van der Waals surface area (Å²) in [6.07, 6.45) is 2.43. The normalized spacial score (nSPS) is 9.83. The lowest BCUT2D eigenvalue weighted by molar-refractivity contribution is 0.0958. The van der Waals surface area contributed by atoms with Crippen molar-refractivity contribution in [2.45, 2.75) is 27.2 Å². The fourth-order valence-corrected chi connectivity index (χ4v) is 2.23. The molecular formula is C19H24O4. The first-order valence-electron chi connectivity index (χ1n) is 7.30. The third kappa shape index (κ3) is 5.42. The molecule has 2 rings (SSSR count). The Morgan fingerprint density at radius 2 is 1.65 bits per heavy atom. The second-order valence-corrected chi connectivity index (χ2v) is 4.84. The number of ether oxygens (including phenoxy) is 2. The molecule has 1 N–H and O–H groups in total. The second-order valence-electron chi connectivity index (χ2n) is 4.84. The second kappa shape index (κ2) is 9.64. The Kier molecular flexibility index (Phi) is 7.84. The molecular weight excluding hydrogens is 292 g/mol. The van der Waals surface area contributed by atoms with Crippen LogP contribution in [-0.2, 0) is 12.8 Å². The highest BCUT2D eigenvalue weighted by Gasteiger charge is 2.05. The van der Waals surface area contributed by atoms with Crippen molar-refractivity contribution in [3.8, 4) is 11.5 Å². The van der Waals surface area contributed by atoms with E-state index in [4.69, 9.17) is 14.6 Å². The van der Waals surface area contributed by atoms with Crippen LogP contribution in [0, 0.1) is 0 Å². The van der Waals surface area contributed by atoms with Gasteiger partial charge in [-0.2, -0.15) is 0 Å². The number of aryl methyl sites for hydroxylation is 2. The highest BCUT2D eigenvalue weighted by Crippen LogP contribution is 2.20. The highest BCUT2D eigenvalue weighted by atomic mass is 16.6. The van der Waals surface area contributed by atoms with Crippen molar-refractivity contribution in [1.29, 1.82) is 0 Å².